The molecule has 0 amide bonds. The van der Waals surface area contributed by atoms with E-state index in [1.165, 1.54) is 12.8 Å². The number of benzene rings is 1. The standard InChI is InChI=1S/C16H22N4O/c1-2-21-16-15(18-12-8-4-3-7-11(12)17)19-13-9-5-6-10-14(13)20-16/h5-6,9-12H,2-4,7-8,17H2,1H3,(H,18,19). The van der Waals surface area contributed by atoms with Crippen LogP contribution in [0.2, 0.25) is 0 Å². The van der Waals surface area contributed by atoms with Crippen LogP contribution in [-0.2, 0) is 0 Å². The summed E-state index contributed by atoms with van der Waals surface area (Å²) in [5, 5.41) is 3.45. The second-order valence-electron chi connectivity index (χ2n) is 5.50. The molecule has 21 heavy (non-hydrogen) atoms. The Labute approximate surface area is 124 Å². The van der Waals surface area contributed by atoms with Gasteiger partial charge in [-0.15, -0.1) is 0 Å². The number of nitrogens with zero attached hydrogens (tertiary/aromatic N) is 2. The number of aromatic nitrogens is 2. The average Bonchev–Trinajstić information content (AvgIpc) is 2.50. The molecule has 1 aromatic heterocycles. The molecule has 0 aliphatic heterocycles. The topological polar surface area (TPSA) is 73.1 Å². The van der Waals surface area contributed by atoms with Crippen LogP contribution in [0.5, 0.6) is 5.88 Å². The Kier molecular flexibility index (Phi) is 4.20. The van der Waals surface area contributed by atoms with Crippen LogP contribution in [0.3, 0.4) is 0 Å². The zero-order valence-corrected chi connectivity index (χ0v) is 12.4. The number of nitrogens with two attached hydrogens (primary N) is 1. The summed E-state index contributed by atoms with van der Waals surface area (Å²) in [4.78, 5) is 9.24. The Morgan fingerprint density at radius 1 is 1.19 bits per heavy atom. The first-order valence-electron chi connectivity index (χ1n) is 7.69. The smallest absolute Gasteiger partial charge is 0.258 e. The van der Waals surface area contributed by atoms with Gasteiger partial charge in [0.2, 0.25) is 0 Å². The van der Waals surface area contributed by atoms with Crippen molar-refractivity contribution in [1.82, 2.24) is 9.97 Å². The van der Waals surface area contributed by atoms with Gasteiger partial charge < -0.3 is 15.8 Å². The fraction of sp³-hybridized carbons (Fsp3) is 0.500. The van der Waals surface area contributed by atoms with Crippen molar-refractivity contribution >= 4 is 16.9 Å². The molecule has 0 radical (unpaired) electrons. The number of para-hydroxylation sites is 2. The Bertz CT molecular complexity index is 616. The Balaban J connectivity index is 1.92. The number of ether oxygens (including phenoxy) is 1. The summed E-state index contributed by atoms with van der Waals surface area (Å²) in [6.45, 7) is 2.52. The number of fused-ring (bicyclic) bond motifs is 1. The van der Waals surface area contributed by atoms with Crippen LogP contribution in [0.25, 0.3) is 11.0 Å². The lowest BCUT2D eigenvalue weighted by molar-refractivity contribution is 0.326. The molecule has 2 unspecified atom stereocenters. The lowest BCUT2D eigenvalue weighted by Crippen LogP contribution is -2.42. The third-order valence-corrected chi connectivity index (χ3v) is 3.96. The lowest BCUT2D eigenvalue weighted by atomic mass is 9.91. The maximum absolute atomic E-state index is 6.21. The highest BCUT2D eigenvalue weighted by Gasteiger charge is 2.23. The van der Waals surface area contributed by atoms with Gasteiger partial charge in [0.05, 0.1) is 17.6 Å². The maximum atomic E-state index is 6.21. The van der Waals surface area contributed by atoms with E-state index in [1.54, 1.807) is 0 Å². The van der Waals surface area contributed by atoms with Gasteiger partial charge in [0.15, 0.2) is 5.82 Å². The van der Waals surface area contributed by atoms with Crippen molar-refractivity contribution in [2.24, 2.45) is 5.73 Å². The lowest BCUT2D eigenvalue weighted by Gasteiger charge is -2.30. The second kappa shape index (κ2) is 6.26. The predicted octanol–water partition coefficient (Wildman–Crippen LogP) is 2.71. The van der Waals surface area contributed by atoms with Gasteiger partial charge in [-0.2, -0.15) is 0 Å². The average molecular weight is 286 g/mol. The zero-order chi connectivity index (χ0) is 14.7. The summed E-state index contributed by atoms with van der Waals surface area (Å²) in [6.07, 6.45) is 4.54. The highest BCUT2D eigenvalue weighted by atomic mass is 16.5. The molecule has 1 aromatic carbocycles. The molecule has 3 rings (SSSR count). The van der Waals surface area contributed by atoms with Gasteiger partial charge in [0, 0.05) is 12.1 Å². The van der Waals surface area contributed by atoms with E-state index in [-0.39, 0.29) is 12.1 Å². The molecule has 0 saturated heterocycles. The number of nitrogens with one attached hydrogen (secondary N) is 1. The molecule has 1 aliphatic rings. The number of anilines is 1. The molecule has 1 saturated carbocycles. The highest BCUT2D eigenvalue weighted by molar-refractivity contribution is 5.77. The molecule has 2 aromatic rings. The van der Waals surface area contributed by atoms with E-state index in [0.717, 1.165) is 23.9 Å². The van der Waals surface area contributed by atoms with E-state index >= 15 is 0 Å². The summed E-state index contributed by atoms with van der Waals surface area (Å²) >= 11 is 0. The van der Waals surface area contributed by atoms with Gasteiger partial charge in [-0.3, -0.25) is 0 Å². The third kappa shape index (κ3) is 3.08. The second-order valence-corrected chi connectivity index (χ2v) is 5.50. The number of rotatable bonds is 4. The molecule has 0 spiro atoms. The van der Waals surface area contributed by atoms with Crippen LogP contribution in [-0.4, -0.2) is 28.7 Å². The van der Waals surface area contributed by atoms with Crippen LogP contribution in [0, 0.1) is 0 Å². The molecule has 2 atom stereocenters. The van der Waals surface area contributed by atoms with Gasteiger partial charge in [0.25, 0.3) is 5.88 Å². The van der Waals surface area contributed by atoms with Gasteiger partial charge >= 0.3 is 0 Å². The first kappa shape index (κ1) is 14.1. The van der Waals surface area contributed by atoms with Crippen molar-refractivity contribution in [2.45, 2.75) is 44.7 Å². The minimum absolute atomic E-state index is 0.168. The summed E-state index contributed by atoms with van der Waals surface area (Å²) < 4.78 is 5.64. The van der Waals surface area contributed by atoms with E-state index < -0.39 is 0 Å². The quantitative estimate of drug-likeness (QED) is 0.904. The van der Waals surface area contributed by atoms with Crippen molar-refractivity contribution in [1.29, 1.82) is 0 Å². The zero-order valence-electron chi connectivity index (χ0n) is 12.4. The van der Waals surface area contributed by atoms with E-state index in [4.69, 9.17) is 10.5 Å². The molecular formula is C16H22N4O. The summed E-state index contributed by atoms with van der Waals surface area (Å²) in [7, 11) is 0. The largest absolute Gasteiger partial charge is 0.475 e. The van der Waals surface area contributed by atoms with Crippen LogP contribution < -0.4 is 15.8 Å². The van der Waals surface area contributed by atoms with Gasteiger partial charge in [0.1, 0.15) is 0 Å². The van der Waals surface area contributed by atoms with E-state index in [1.807, 2.05) is 31.2 Å². The van der Waals surface area contributed by atoms with E-state index in [9.17, 15) is 0 Å². The summed E-state index contributed by atoms with van der Waals surface area (Å²) in [5.74, 6) is 1.27. The molecule has 5 nitrogen and oxygen atoms in total. The molecule has 3 N–H and O–H groups in total. The van der Waals surface area contributed by atoms with Crippen molar-refractivity contribution in [3.8, 4) is 5.88 Å². The summed E-state index contributed by atoms with van der Waals surface area (Å²) in [6, 6.07) is 8.24. The van der Waals surface area contributed by atoms with Crippen LogP contribution in [0.1, 0.15) is 32.6 Å². The first-order chi connectivity index (χ1) is 10.3. The Morgan fingerprint density at radius 2 is 1.90 bits per heavy atom. The molecule has 1 heterocycles. The highest BCUT2D eigenvalue weighted by Crippen LogP contribution is 2.27. The van der Waals surface area contributed by atoms with Crippen molar-refractivity contribution in [3.63, 3.8) is 0 Å². The first-order valence-corrected chi connectivity index (χ1v) is 7.69. The van der Waals surface area contributed by atoms with Crippen LogP contribution in [0.4, 0.5) is 5.82 Å². The maximum Gasteiger partial charge on any atom is 0.258 e. The molecular weight excluding hydrogens is 264 g/mol. The Hall–Kier alpha value is -1.88. The molecule has 1 aliphatic carbocycles. The minimum Gasteiger partial charge on any atom is -0.475 e. The summed E-state index contributed by atoms with van der Waals surface area (Å²) in [5.41, 5.74) is 7.93. The van der Waals surface area contributed by atoms with Gasteiger partial charge in [-0.05, 0) is 31.9 Å². The predicted molar refractivity (Wildman–Crippen MR) is 84.6 cm³/mol. The number of hydrogen-bond donors (Lipinski definition) is 2. The SMILES string of the molecule is CCOc1nc2ccccc2nc1NC1CCCCC1N. The Morgan fingerprint density at radius 3 is 2.62 bits per heavy atom. The minimum atomic E-state index is 0.168. The van der Waals surface area contributed by atoms with Crippen molar-refractivity contribution in [2.75, 3.05) is 11.9 Å². The fourth-order valence-electron chi connectivity index (χ4n) is 2.83. The van der Waals surface area contributed by atoms with Gasteiger partial charge in [-0.25, -0.2) is 9.97 Å². The van der Waals surface area contributed by atoms with Crippen molar-refractivity contribution in [3.05, 3.63) is 24.3 Å². The third-order valence-electron chi connectivity index (χ3n) is 3.96. The fourth-order valence-corrected chi connectivity index (χ4v) is 2.83. The normalized spacial score (nSPS) is 22.2. The molecule has 5 heteroatoms. The van der Waals surface area contributed by atoms with E-state index in [2.05, 4.69) is 15.3 Å². The van der Waals surface area contributed by atoms with E-state index in [0.29, 0.717) is 18.3 Å². The van der Waals surface area contributed by atoms with Gasteiger partial charge in [-0.1, -0.05) is 25.0 Å². The molecule has 0 bridgehead atoms. The molecule has 1 fully saturated rings. The van der Waals surface area contributed by atoms with Crippen LogP contribution >= 0.6 is 0 Å². The van der Waals surface area contributed by atoms with Crippen LogP contribution in [0.15, 0.2) is 24.3 Å². The molecule has 112 valence electrons. The monoisotopic (exact) mass is 286 g/mol. The van der Waals surface area contributed by atoms with Crippen molar-refractivity contribution < 1.29 is 4.74 Å². The number of hydrogen-bond acceptors (Lipinski definition) is 5.